The van der Waals surface area contributed by atoms with Gasteiger partial charge in [0.05, 0.1) is 11.7 Å². The molecule has 0 saturated heterocycles. The predicted molar refractivity (Wildman–Crippen MR) is 106 cm³/mol. The monoisotopic (exact) mass is 366 g/mol. The van der Waals surface area contributed by atoms with Gasteiger partial charge >= 0.3 is 0 Å². The molecule has 0 saturated carbocycles. The number of hydrogen-bond acceptors (Lipinski definition) is 3. The predicted octanol–water partition coefficient (Wildman–Crippen LogP) is 3.72. The van der Waals surface area contributed by atoms with Crippen molar-refractivity contribution in [3.05, 3.63) is 59.7 Å². The maximum atomic E-state index is 12.7. The maximum absolute atomic E-state index is 12.7. The number of nitrogens with zero attached hydrogens (tertiary/aromatic N) is 2. The van der Waals surface area contributed by atoms with E-state index in [0.29, 0.717) is 12.3 Å². The lowest BCUT2D eigenvalue weighted by Crippen LogP contribution is -2.46. The molecule has 0 aromatic heterocycles. The Labute approximate surface area is 160 Å². The summed E-state index contributed by atoms with van der Waals surface area (Å²) in [6, 6.07) is 15.6. The van der Waals surface area contributed by atoms with Crippen LogP contribution in [-0.4, -0.2) is 36.4 Å². The molecule has 1 heterocycles. The third kappa shape index (κ3) is 3.97. The molecule has 5 nitrogen and oxygen atoms in total. The lowest BCUT2D eigenvalue weighted by molar-refractivity contribution is -0.131. The van der Waals surface area contributed by atoms with Gasteiger partial charge in [-0.25, -0.2) is 0 Å². The van der Waals surface area contributed by atoms with Gasteiger partial charge in [-0.2, -0.15) is 0 Å². The fraction of sp³-hybridized carbons (Fsp3) is 0.364. The molecular formula is C22H26N2O3. The van der Waals surface area contributed by atoms with E-state index in [1.54, 1.807) is 16.7 Å². The first-order valence-corrected chi connectivity index (χ1v) is 9.27. The first kappa shape index (κ1) is 19.0. The number of ether oxygens (including phenoxy) is 1. The second-order valence-electron chi connectivity index (χ2n) is 7.06. The number of carbonyl (C=O) groups is 2. The van der Waals surface area contributed by atoms with E-state index in [1.165, 1.54) is 5.56 Å². The molecule has 2 aromatic rings. The molecule has 5 heteroatoms. The molecule has 2 aromatic carbocycles. The Bertz CT molecular complexity index is 832. The Balaban J connectivity index is 1.68. The first-order valence-electron chi connectivity index (χ1n) is 9.27. The van der Waals surface area contributed by atoms with Gasteiger partial charge in [0.1, 0.15) is 5.75 Å². The van der Waals surface area contributed by atoms with Crippen LogP contribution in [0.3, 0.4) is 0 Å². The van der Waals surface area contributed by atoms with Crippen molar-refractivity contribution in [1.82, 2.24) is 4.90 Å². The van der Waals surface area contributed by atoms with Crippen LogP contribution >= 0.6 is 0 Å². The van der Waals surface area contributed by atoms with E-state index in [9.17, 15) is 9.59 Å². The fourth-order valence-corrected chi connectivity index (χ4v) is 3.26. The van der Waals surface area contributed by atoms with E-state index >= 15 is 0 Å². The van der Waals surface area contributed by atoms with E-state index in [4.69, 9.17) is 4.74 Å². The van der Waals surface area contributed by atoms with Gasteiger partial charge in [-0.3, -0.25) is 9.59 Å². The SMILES string of the molecule is Cc1ccc(C(C)N(C)C(=O)CCN2C(=O)C(C)Oc3ccccc32)cc1. The summed E-state index contributed by atoms with van der Waals surface area (Å²) in [5, 5.41) is 0. The number of amides is 2. The second-order valence-corrected chi connectivity index (χ2v) is 7.06. The summed E-state index contributed by atoms with van der Waals surface area (Å²) >= 11 is 0. The molecule has 27 heavy (non-hydrogen) atoms. The van der Waals surface area contributed by atoms with Crippen molar-refractivity contribution in [3.63, 3.8) is 0 Å². The number of anilines is 1. The van der Waals surface area contributed by atoms with Crippen molar-refractivity contribution < 1.29 is 14.3 Å². The van der Waals surface area contributed by atoms with E-state index in [0.717, 1.165) is 11.3 Å². The lowest BCUT2D eigenvalue weighted by Gasteiger charge is -2.33. The molecule has 1 aliphatic rings. The largest absolute Gasteiger partial charge is 0.479 e. The van der Waals surface area contributed by atoms with Gasteiger partial charge in [0.15, 0.2) is 6.10 Å². The van der Waals surface area contributed by atoms with Crippen molar-refractivity contribution in [2.75, 3.05) is 18.5 Å². The molecule has 0 radical (unpaired) electrons. The number of benzene rings is 2. The number of rotatable bonds is 5. The quantitative estimate of drug-likeness (QED) is 0.810. The molecule has 0 aliphatic carbocycles. The van der Waals surface area contributed by atoms with Crippen molar-refractivity contribution >= 4 is 17.5 Å². The fourth-order valence-electron chi connectivity index (χ4n) is 3.26. The summed E-state index contributed by atoms with van der Waals surface area (Å²) < 4.78 is 5.65. The Morgan fingerprint density at radius 3 is 2.56 bits per heavy atom. The Morgan fingerprint density at radius 1 is 1.19 bits per heavy atom. The number of fused-ring (bicyclic) bond motifs is 1. The first-order chi connectivity index (χ1) is 12.9. The van der Waals surface area contributed by atoms with Crippen LogP contribution in [-0.2, 0) is 9.59 Å². The van der Waals surface area contributed by atoms with E-state index in [1.807, 2.05) is 57.3 Å². The molecule has 1 aliphatic heterocycles. The Kier molecular flexibility index (Phi) is 5.49. The van der Waals surface area contributed by atoms with Crippen LogP contribution in [0.25, 0.3) is 0 Å². The minimum atomic E-state index is -0.542. The highest BCUT2D eigenvalue weighted by atomic mass is 16.5. The summed E-state index contributed by atoms with van der Waals surface area (Å²) in [6.07, 6.45) is -0.279. The van der Waals surface area contributed by atoms with Crippen LogP contribution < -0.4 is 9.64 Å². The van der Waals surface area contributed by atoms with Crippen LogP contribution in [0.1, 0.15) is 37.4 Å². The van der Waals surface area contributed by atoms with Crippen LogP contribution in [0.5, 0.6) is 5.75 Å². The summed E-state index contributed by atoms with van der Waals surface area (Å²) in [5.74, 6) is 0.571. The zero-order valence-electron chi connectivity index (χ0n) is 16.3. The molecule has 2 amide bonds. The Morgan fingerprint density at radius 2 is 1.85 bits per heavy atom. The van der Waals surface area contributed by atoms with E-state index in [-0.39, 0.29) is 24.3 Å². The van der Waals surface area contributed by atoms with E-state index in [2.05, 4.69) is 12.1 Å². The number of carbonyl (C=O) groups excluding carboxylic acids is 2. The van der Waals surface area contributed by atoms with Crippen molar-refractivity contribution in [3.8, 4) is 5.75 Å². The number of para-hydroxylation sites is 2. The standard InChI is InChI=1S/C22H26N2O3/c1-15-9-11-18(12-10-15)16(2)23(4)21(25)13-14-24-19-7-5-6-8-20(19)27-17(3)22(24)26/h5-12,16-17H,13-14H2,1-4H3. The van der Waals surface area contributed by atoms with Crippen LogP contribution in [0.2, 0.25) is 0 Å². The van der Waals surface area contributed by atoms with Crippen molar-refractivity contribution in [2.24, 2.45) is 0 Å². The lowest BCUT2D eigenvalue weighted by atomic mass is 10.1. The van der Waals surface area contributed by atoms with Crippen LogP contribution in [0.15, 0.2) is 48.5 Å². The molecule has 3 rings (SSSR count). The second kappa shape index (κ2) is 7.82. The zero-order valence-corrected chi connectivity index (χ0v) is 16.3. The van der Waals surface area contributed by atoms with Crippen LogP contribution in [0.4, 0.5) is 5.69 Å². The third-order valence-electron chi connectivity index (χ3n) is 5.16. The van der Waals surface area contributed by atoms with Gasteiger partial charge in [0, 0.05) is 20.0 Å². The van der Waals surface area contributed by atoms with Gasteiger partial charge in [-0.1, -0.05) is 42.0 Å². The maximum Gasteiger partial charge on any atom is 0.267 e. The normalized spacial score (nSPS) is 17.1. The highest BCUT2D eigenvalue weighted by Gasteiger charge is 2.31. The van der Waals surface area contributed by atoms with Gasteiger partial charge < -0.3 is 14.5 Å². The van der Waals surface area contributed by atoms with Crippen molar-refractivity contribution in [1.29, 1.82) is 0 Å². The van der Waals surface area contributed by atoms with E-state index < -0.39 is 6.10 Å². The minimum Gasteiger partial charge on any atom is -0.479 e. The van der Waals surface area contributed by atoms with Crippen molar-refractivity contribution in [2.45, 2.75) is 39.3 Å². The van der Waals surface area contributed by atoms with Gasteiger partial charge in [-0.15, -0.1) is 0 Å². The third-order valence-corrected chi connectivity index (χ3v) is 5.16. The topological polar surface area (TPSA) is 49.9 Å². The summed E-state index contributed by atoms with van der Waals surface area (Å²) in [6.45, 7) is 6.13. The molecule has 0 N–H and O–H groups in total. The molecular weight excluding hydrogens is 340 g/mol. The summed E-state index contributed by atoms with van der Waals surface area (Å²) in [5.41, 5.74) is 3.01. The molecule has 0 fully saturated rings. The summed E-state index contributed by atoms with van der Waals surface area (Å²) in [7, 11) is 1.81. The molecule has 0 bridgehead atoms. The average Bonchev–Trinajstić information content (AvgIpc) is 2.67. The van der Waals surface area contributed by atoms with Gasteiger partial charge in [0.2, 0.25) is 5.91 Å². The number of hydrogen-bond donors (Lipinski definition) is 0. The van der Waals surface area contributed by atoms with Gasteiger partial charge in [0.25, 0.3) is 5.91 Å². The zero-order chi connectivity index (χ0) is 19.6. The highest BCUT2D eigenvalue weighted by Crippen LogP contribution is 2.33. The number of aryl methyl sites for hydroxylation is 1. The Hall–Kier alpha value is -2.82. The van der Waals surface area contributed by atoms with Gasteiger partial charge in [-0.05, 0) is 38.5 Å². The summed E-state index contributed by atoms with van der Waals surface area (Å²) in [4.78, 5) is 28.7. The average molecular weight is 366 g/mol. The van der Waals surface area contributed by atoms with Crippen LogP contribution in [0, 0.1) is 6.92 Å². The molecule has 142 valence electrons. The highest BCUT2D eigenvalue weighted by molar-refractivity contribution is 6.00. The smallest absolute Gasteiger partial charge is 0.267 e. The molecule has 0 spiro atoms. The molecule has 2 atom stereocenters. The minimum absolute atomic E-state index is 0.00695. The molecule has 2 unspecified atom stereocenters.